The molecule has 4 heteroatoms. The molecule has 1 aromatic heterocycles. The van der Waals surface area contributed by atoms with Gasteiger partial charge in [0, 0.05) is 23.9 Å². The summed E-state index contributed by atoms with van der Waals surface area (Å²) in [6, 6.07) is 5.95. The van der Waals surface area contributed by atoms with Crippen LogP contribution in [0, 0.1) is 0 Å². The van der Waals surface area contributed by atoms with Crippen molar-refractivity contribution in [2.24, 2.45) is 0 Å². The summed E-state index contributed by atoms with van der Waals surface area (Å²) in [6.45, 7) is 0.702. The molecule has 0 bridgehead atoms. The molecule has 1 aliphatic heterocycles. The lowest BCUT2D eigenvalue weighted by Gasteiger charge is -2.45. The first kappa shape index (κ1) is 14.5. The summed E-state index contributed by atoms with van der Waals surface area (Å²) in [7, 11) is 1.46. The Balaban J connectivity index is 1.94. The Kier molecular flexibility index (Phi) is 3.98. The Morgan fingerprint density at radius 3 is 2.81 bits per heavy atom. The van der Waals surface area contributed by atoms with Crippen LogP contribution in [-0.2, 0) is 19.7 Å². The summed E-state index contributed by atoms with van der Waals surface area (Å²) in [4.78, 5) is 16.5. The van der Waals surface area contributed by atoms with Crippen molar-refractivity contribution in [1.82, 2.24) is 4.98 Å². The van der Waals surface area contributed by atoms with E-state index in [2.05, 4.69) is 4.98 Å². The predicted octanol–water partition coefficient (Wildman–Crippen LogP) is 3.01. The molecule has 2 heterocycles. The van der Waals surface area contributed by atoms with Crippen LogP contribution in [0.15, 0.2) is 24.4 Å². The Hall–Kier alpha value is -1.42. The van der Waals surface area contributed by atoms with Crippen LogP contribution < -0.4 is 0 Å². The predicted molar refractivity (Wildman–Crippen MR) is 78.9 cm³/mol. The minimum atomic E-state index is -0.239. The van der Waals surface area contributed by atoms with Gasteiger partial charge in [-0.2, -0.15) is 0 Å². The molecule has 0 aromatic carbocycles. The molecule has 1 saturated heterocycles. The number of nitrogens with zero attached hydrogens (tertiary/aromatic N) is 1. The van der Waals surface area contributed by atoms with Crippen molar-refractivity contribution in [2.45, 2.75) is 56.0 Å². The van der Waals surface area contributed by atoms with E-state index in [1.165, 1.54) is 20.0 Å². The minimum absolute atomic E-state index is 0.0518. The zero-order valence-electron chi connectivity index (χ0n) is 12.6. The van der Waals surface area contributed by atoms with Crippen molar-refractivity contribution in [2.75, 3.05) is 13.7 Å². The van der Waals surface area contributed by atoms with E-state index in [1.54, 1.807) is 0 Å². The Morgan fingerprint density at radius 1 is 1.33 bits per heavy atom. The summed E-state index contributed by atoms with van der Waals surface area (Å²) in [5, 5.41) is 0. The minimum Gasteiger partial charge on any atom is -0.469 e. The van der Waals surface area contributed by atoms with E-state index >= 15 is 0 Å². The van der Waals surface area contributed by atoms with Crippen molar-refractivity contribution in [1.29, 1.82) is 0 Å². The van der Waals surface area contributed by atoms with Crippen LogP contribution in [0.5, 0.6) is 0 Å². The number of hydrogen-bond donors (Lipinski definition) is 0. The molecular formula is C17H23NO3. The van der Waals surface area contributed by atoms with E-state index < -0.39 is 0 Å². The number of rotatable bonds is 3. The number of aromatic nitrogens is 1. The average molecular weight is 289 g/mol. The smallest absolute Gasteiger partial charge is 0.306 e. The molecular weight excluding hydrogens is 266 g/mol. The molecule has 1 saturated carbocycles. The maximum Gasteiger partial charge on any atom is 0.306 e. The monoisotopic (exact) mass is 289 g/mol. The van der Waals surface area contributed by atoms with Gasteiger partial charge in [-0.1, -0.05) is 18.9 Å². The number of methoxy groups -OCH3 is 1. The molecule has 0 unspecified atom stereocenters. The van der Waals surface area contributed by atoms with E-state index in [1.807, 2.05) is 24.4 Å². The normalized spacial score (nSPS) is 27.7. The Labute approximate surface area is 125 Å². The van der Waals surface area contributed by atoms with Gasteiger partial charge in [-0.3, -0.25) is 9.78 Å². The maximum atomic E-state index is 12.0. The zero-order valence-corrected chi connectivity index (χ0v) is 12.6. The van der Waals surface area contributed by atoms with Crippen molar-refractivity contribution >= 4 is 5.97 Å². The number of carbonyl (C=O) groups is 1. The third kappa shape index (κ3) is 2.82. The topological polar surface area (TPSA) is 48.4 Å². The van der Waals surface area contributed by atoms with Gasteiger partial charge in [-0.25, -0.2) is 0 Å². The van der Waals surface area contributed by atoms with Gasteiger partial charge >= 0.3 is 5.97 Å². The molecule has 2 aliphatic rings. The van der Waals surface area contributed by atoms with Gasteiger partial charge in [-0.15, -0.1) is 0 Å². The number of carbonyl (C=O) groups excluding carboxylic acids is 1. The molecule has 114 valence electrons. The summed E-state index contributed by atoms with van der Waals surface area (Å²) < 4.78 is 11.1. The van der Waals surface area contributed by atoms with Gasteiger partial charge in [0.25, 0.3) is 0 Å². The average Bonchev–Trinajstić information content (AvgIpc) is 2.95. The fourth-order valence-electron chi connectivity index (χ4n) is 4.04. The van der Waals surface area contributed by atoms with Crippen LogP contribution in [0.2, 0.25) is 0 Å². The maximum absolute atomic E-state index is 12.0. The summed E-state index contributed by atoms with van der Waals surface area (Å²) in [6.07, 6.45) is 8.56. The number of pyridine rings is 1. The molecule has 4 nitrogen and oxygen atoms in total. The highest BCUT2D eigenvalue weighted by molar-refractivity contribution is 5.71. The van der Waals surface area contributed by atoms with E-state index in [0.717, 1.165) is 31.4 Å². The standard InChI is InChI=1S/C17H23NO3/c1-20-15(19)12-16(14-6-2-5-10-18-14)9-11-21-17(13-16)7-3-4-8-17/h2,5-6,10H,3-4,7-9,11-13H2,1H3/t16-/m0/s1. The van der Waals surface area contributed by atoms with Gasteiger partial charge in [0.1, 0.15) is 0 Å². The molecule has 1 aromatic rings. The lowest BCUT2D eigenvalue weighted by atomic mass is 9.68. The third-order valence-corrected chi connectivity index (χ3v) is 5.08. The first-order valence-electron chi connectivity index (χ1n) is 7.80. The summed E-state index contributed by atoms with van der Waals surface area (Å²) in [5.41, 5.74) is 0.714. The van der Waals surface area contributed by atoms with Crippen LogP contribution in [0.25, 0.3) is 0 Å². The molecule has 0 amide bonds. The van der Waals surface area contributed by atoms with E-state index in [9.17, 15) is 4.79 Å². The number of ether oxygens (including phenoxy) is 2. The van der Waals surface area contributed by atoms with Gasteiger partial charge < -0.3 is 9.47 Å². The van der Waals surface area contributed by atoms with Gasteiger partial charge in [0.2, 0.25) is 0 Å². The highest BCUT2D eigenvalue weighted by atomic mass is 16.5. The highest BCUT2D eigenvalue weighted by Gasteiger charge is 2.49. The van der Waals surface area contributed by atoms with Crippen LogP contribution in [0.4, 0.5) is 0 Å². The molecule has 0 radical (unpaired) electrons. The second-order valence-corrected chi connectivity index (χ2v) is 6.41. The number of esters is 1. The van der Waals surface area contributed by atoms with Gasteiger partial charge in [0.15, 0.2) is 0 Å². The zero-order chi connectivity index (χ0) is 14.8. The highest BCUT2D eigenvalue weighted by Crippen LogP contribution is 2.49. The van der Waals surface area contributed by atoms with Crippen LogP contribution in [0.3, 0.4) is 0 Å². The molecule has 21 heavy (non-hydrogen) atoms. The van der Waals surface area contributed by atoms with Crippen molar-refractivity contribution in [3.8, 4) is 0 Å². The van der Waals surface area contributed by atoms with Crippen LogP contribution in [-0.4, -0.2) is 30.3 Å². The summed E-state index contributed by atoms with van der Waals surface area (Å²) in [5.74, 6) is -0.157. The molecule has 1 spiro atoms. The van der Waals surface area contributed by atoms with Gasteiger partial charge in [-0.05, 0) is 37.8 Å². The largest absolute Gasteiger partial charge is 0.469 e. The fraction of sp³-hybridized carbons (Fsp3) is 0.647. The third-order valence-electron chi connectivity index (χ3n) is 5.08. The second kappa shape index (κ2) is 5.76. The van der Waals surface area contributed by atoms with E-state index in [-0.39, 0.29) is 17.0 Å². The van der Waals surface area contributed by atoms with Crippen LogP contribution in [0.1, 0.15) is 50.6 Å². The summed E-state index contributed by atoms with van der Waals surface area (Å²) >= 11 is 0. The number of hydrogen-bond acceptors (Lipinski definition) is 4. The quantitative estimate of drug-likeness (QED) is 0.803. The van der Waals surface area contributed by atoms with Crippen molar-refractivity contribution in [3.63, 3.8) is 0 Å². The lowest BCUT2D eigenvalue weighted by molar-refractivity contribution is -0.147. The van der Waals surface area contributed by atoms with E-state index in [4.69, 9.17) is 9.47 Å². The molecule has 3 rings (SSSR count). The first-order chi connectivity index (χ1) is 10.2. The first-order valence-corrected chi connectivity index (χ1v) is 7.80. The lowest BCUT2D eigenvalue weighted by Crippen LogP contribution is -2.47. The second-order valence-electron chi connectivity index (χ2n) is 6.41. The Bertz CT molecular complexity index is 496. The molecule has 2 fully saturated rings. The molecule has 0 N–H and O–H groups in total. The SMILES string of the molecule is COC(=O)C[C@@]1(c2ccccn2)CCOC2(CCCC2)C1. The van der Waals surface area contributed by atoms with Crippen molar-refractivity contribution in [3.05, 3.63) is 30.1 Å². The van der Waals surface area contributed by atoms with Crippen LogP contribution >= 0.6 is 0 Å². The Morgan fingerprint density at radius 2 is 2.14 bits per heavy atom. The van der Waals surface area contributed by atoms with Crippen molar-refractivity contribution < 1.29 is 14.3 Å². The van der Waals surface area contributed by atoms with Gasteiger partial charge in [0.05, 0.1) is 19.1 Å². The molecule has 1 aliphatic carbocycles. The fourth-order valence-corrected chi connectivity index (χ4v) is 4.04. The molecule has 1 atom stereocenters. The van der Waals surface area contributed by atoms with E-state index in [0.29, 0.717) is 13.0 Å².